The van der Waals surface area contributed by atoms with Crippen molar-refractivity contribution in [3.05, 3.63) is 47.5 Å². The zero-order valence-electron chi connectivity index (χ0n) is 16.5. The first-order chi connectivity index (χ1) is 13.4. The summed E-state index contributed by atoms with van der Waals surface area (Å²) in [7, 11) is 1.81. The molecule has 146 valence electrons. The second kappa shape index (κ2) is 8.21. The number of nitrogens with zero attached hydrogens (tertiary/aromatic N) is 2. The molecular weight excluding hydrogens is 357 g/mol. The number of carbonyl (C=O) groups is 1. The van der Waals surface area contributed by atoms with E-state index in [1.807, 2.05) is 40.0 Å². The number of fused-ring (bicyclic) bond motifs is 1. The monoisotopic (exact) mass is 381 g/mol. The first-order valence-corrected chi connectivity index (χ1v) is 9.23. The molecule has 0 aliphatic carbocycles. The molecule has 0 fully saturated rings. The first kappa shape index (κ1) is 19.5. The summed E-state index contributed by atoms with van der Waals surface area (Å²) in [6.07, 6.45) is 2.56. The highest BCUT2D eigenvalue weighted by atomic mass is 19.1. The Hall–Kier alpha value is -3.22. The molecule has 2 amide bonds. The normalized spacial score (nSPS) is 10.8. The van der Waals surface area contributed by atoms with E-state index < -0.39 is 11.8 Å². The lowest BCUT2D eigenvalue weighted by Crippen LogP contribution is -2.29. The molecule has 6 nitrogen and oxygen atoms in total. The van der Waals surface area contributed by atoms with Crippen LogP contribution in [0.5, 0.6) is 0 Å². The number of carbonyl (C=O) groups excluding carboxylic acids is 1. The number of amides is 2. The zero-order valence-corrected chi connectivity index (χ0v) is 16.5. The van der Waals surface area contributed by atoms with E-state index >= 15 is 0 Å². The maximum atomic E-state index is 14.4. The van der Waals surface area contributed by atoms with Crippen molar-refractivity contribution in [3.8, 4) is 11.1 Å². The van der Waals surface area contributed by atoms with Crippen LogP contribution < -0.4 is 16.0 Å². The second-order valence-corrected chi connectivity index (χ2v) is 6.66. The summed E-state index contributed by atoms with van der Waals surface area (Å²) in [5, 5.41) is 9.16. The summed E-state index contributed by atoms with van der Waals surface area (Å²) in [5.74, 6) is 0.273. The molecule has 0 unspecified atom stereocenters. The number of urea groups is 1. The summed E-state index contributed by atoms with van der Waals surface area (Å²) in [5.41, 5.74) is 4.24. The van der Waals surface area contributed by atoms with Crippen LogP contribution in [-0.4, -0.2) is 29.6 Å². The zero-order chi connectivity index (χ0) is 20.3. The van der Waals surface area contributed by atoms with Gasteiger partial charge in [-0.3, -0.25) is 4.98 Å². The molecule has 0 atom stereocenters. The summed E-state index contributed by atoms with van der Waals surface area (Å²) >= 11 is 0. The highest BCUT2D eigenvalue weighted by Crippen LogP contribution is 2.32. The summed E-state index contributed by atoms with van der Waals surface area (Å²) in [6, 6.07) is 6.53. The van der Waals surface area contributed by atoms with Crippen LogP contribution in [0.3, 0.4) is 0 Å². The van der Waals surface area contributed by atoms with Gasteiger partial charge in [-0.2, -0.15) is 0 Å². The third-order valence-electron chi connectivity index (χ3n) is 4.53. The van der Waals surface area contributed by atoms with Crippen LogP contribution in [0, 0.1) is 19.7 Å². The van der Waals surface area contributed by atoms with Crippen LogP contribution in [0.15, 0.2) is 30.5 Å². The molecule has 2 heterocycles. The van der Waals surface area contributed by atoms with Gasteiger partial charge in [0.1, 0.15) is 11.6 Å². The highest BCUT2D eigenvalue weighted by molar-refractivity contribution is 5.92. The van der Waals surface area contributed by atoms with E-state index in [2.05, 4.69) is 25.9 Å². The Labute approximate surface area is 163 Å². The van der Waals surface area contributed by atoms with E-state index in [0.717, 1.165) is 45.5 Å². The lowest BCUT2D eigenvalue weighted by molar-refractivity contribution is 0.252. The first-order valence-electron chi connectivity index (χ1n) is 9.23. The number of anilines is 2. The number of rotatable bonds is 5. The van der Waals surface area contributed by atoms with Crippen LogP contribution >= 0.6 is 0 Å². The Bertz CT molecular complexity index is 1030. The molecular formula is C21H24FN5O. The van der Waals surface area contributed by atoms with E-state index in [9.17, 15) is 9.18 Å². The van der Waals surface area contributed by atoms with Crippen molar-refractivity contribution >= 4 is 28.4 Å². The lowest BCUT2D eigenvalue weighted by Gasteiger charge is -2.14. The van der Waals surface area contributed by atoms with Gasteiger partial charge in [0.05, 0.1) is 11.2 Å². The SMILES string of the molecule is CCCNC(=O)Nc1cc(-c2cc3cnc(NC)cc3nc2C)c(C)cc1F. The largest absolute Gasteiger partial charge is 0.373 e. The van der Waals surface area contributed by atoms with Crippen LogP contribution in [-0.2, 0) is 0 Å². The van der Waals surface area contributed by atoms with Gasteiger partial charge in [0.15, 0.2) is 0 Å². The molecule has 1 aromatic carbocycles. The molecule has 28 heavy (non-hydrogen) atoms. The van der Waals surface area contributed by atoms with Gasteiger partial charge < -0.3 is 16.0 Å². The average molecular weight is 381 g/mol. The lowest BCUT2D eigenvalue weighted by atomic mass is 9.97. The number of hydrogen-bond acceptors (Lipinski definition) is 4. The number of aryl methyl sites for hydroxylation is 2. The number of halogens is 1. The predicted octanol–water partition coefficient (Wildman–Crippen LogP) is 4.63. The van der Waals surface area contributed by atoms with Crippen molar-refractivity contribution < 1.29 is 9.18 Å². The summed E-state index contributed by atoms with van der Waals surface area (Å²) in [6.45, 7) is 6.24. The van der Waals surface area contributed by atoms with Crippen molar-refractivity contribution in [2.24, 2.45) is 0 Å². The van der Waals surface area contributed by atoms with Gasteiger partial charge in [-0.15, -0.1) is 0 Å². The molecule has 0 bridgehead atoms. The fourth-order valence-electron chi connectivity index (χ4n) is 3.04. The number of hydrogen-bond donors (Lipinski definition) is 3. The van der Waals surface area contributed by atoms with Crippen molar-refractivity contribution in [1.29, 1.82) is 0 Å². The number of benzene rings is 1. The van der Waals surface area contributed by atoms with E-state index in [1.54, 1.807) is 12.3 Å². The van der Waals surface area contributed by atoms with Crippen LogP contribution in [0.25, 0.3) is 22.0 Å². The van der Waals surface area contributed by atoms with Crippen molar-refractivity contribution in [1.82, 2.24) is 15.3 Å². The molecule has 2 aromatic heterocycles. The van der Waals surface area contributed by atoms with Gasteiger partial charge in [0, 0.05) is 42.5 Å². The predicted molar refractivity (Wildman–Crippen MR) is 111 cm³/mol. The molecule has 0 spiro atoms. The molecule has 3 N–H and O–H groups in total. The topological polar surface area (TPSA) is 78.9 Å². The standard InChI is InChI=1S/C21H24FN5O/c1-5-6-24-21(28)27-19-9-15(12(2)7-17(19)22)16-8-14-11-25-20(23-4)10-18(14)26-13(16)3/h7-11H,5-6H2,1-4H3,(H,23,25)(H2,24,27,28). The molecule has 7 heteroatoms. The quantitative estimate of drug-likeness (QED) is 0.602. The minimum atomic E-state index is -0.473. The van der Waals surface area contributed by atoms with Crippen molar-refractivity contribution in [3.63, 3.8) is 0 Å². The van der Waals surface area contributed by atoms with E-state index in [0.29, 0.717) is 6.54 Å². The van der Waals surface area contributed by atoms with Crippen LogP contribution in [0.2, 0.25) is 0 Å². The summed E-state index contributed by atoms with van der Waals surface area (Å²) in [4.78, 5) is 21.0. The smallest absolute Gasteiger partial charge is 0.319 e. The average Bonchev–Trinajstić information content (AvgIpc) is 2.67. The van der Waals surface area contributed by atoms with Crippen molar-refractivity contribution in [2.75, 3.05) is 24.2 Å². The van der Waals surface area contributed by atoms with Gasteiger partial charge in [0.25, 0.3) is 0 Å². The fourth-order valence-corrected chi connectivity index (χ4v) is 3.04. The molecule has 0 aliphatic rings. The molecule has 3 rings (SSSR count). The minimum Gasteiger partial charge on any atom is -0.373 e. The number of nitrogens with one attached hydrogen (secondary N) is 3. The van der Waals surface area contributed by atoms with Crippen molar-refractivity contribution in [2.45, 2.75) is 27.2 Å². The second-order valence-electron chi connectivity index (χ2n) is 6.66. The fraction of sp³-hybridized carbons (Fsp3) is 0.286. The molecule has 0 aliphatic heterocycles. The van der Waals surface area contributed by atoms with Crippen LogP contribution in [0.4, 0.5) is 20.7 Å². The Morgan fingerprint density at radius 1 is 1.14 bits per heavy atom. The molecule has 0 radical (unpaired) electrons. The third-order valence-corrected chi connectivity index (χ3v) is 4.53. The summed E-state index contributed by atoms with van der Waals surface area (Å²) < 4.78 is 14.4. The third kappa shape index (κ3) is 4.03. The Kier molecular flexibility index (Phi) is 5.73. The maximum Gasteiger partial charge on any atom is 0.319 e. The minimum absolute atomic E-state index is 0.136. The van der Waals surface area contributed by atoms with Gasteiger partial charge in [0.2, 0.25) is 0 Å². The Morgan fingerprint density at radius 3 is 2.64 bits per heavy atom. The maximum absolute atomic E-state index is 14.4. The number of aromatic nitrogens is 2. The van der Waals surface area contributed by atoms with E-state index in [4.69, 9.17) is 0 Å². The van der Waals surface area contributed by atoms with E-state index in [1.165, 1.54) is 6.07 Å². The molecule has 3 aromatic rings. The van der Waals surface area contributed by atoms with Gasteiger partial charge in [-0.1, -0.05) is 6.92 Å². The molecule has 0 saturated heterocycles. The molecule has 0 saturated carbocycles. The van der Waals surface area contributed by atoms with E-state index in [-0.39, 0.29) is 5.69 Å². The van der Waals surface area contributed by atoms with Gasteiger partial charge in [-0.25, -0.2) is 14.2 Å². The highest BCUT2D eigenvalue weighted by Gasteiger charge is 2.14. The Balaban J connectivity index is 2.04. The van der Waals surface area contributed by atoms with Crippen LogP contribution in [0.1, 0.15) is 24.6 Å². The van der Waals surface area contributed by atoms with Gasteiger partial charge >= 0.3 is 6.03 Å². The van der Waals surface area contributed by atoms with Gasteiger partial charge in [-0.05, 0) is 49.6 Å². The number of pyridine rings is 2. The Morgan fingerprint density at radius 2 is 1.93 bits per heavy atom.